The van der Waals surface area contributed by atoms with Crippen molar-refractivity contribution in [3.8, 4) is 5.75 Å². The molecule has 0 radical (unpaired) electrons. The average molecular weight is 296 g/mol. The van der Waals surface area contributed by atoms with Crippen LogP contribution in [0.5, 0.6) is 5.75 Å². The number of halogens is 1. The van der Waals surface area contributed by atoms with Gasteiger partial charge in [-0.25, -0.2) is 4.39 Å². The number of nitrogen functional groups attached to an aromatic ring is 1. The Bertz CT molecular complexity index is 485. The highest BCUT2D eigenvalue weighted by atomic mass is 19.1. The number of ether oxygens (including phenoxy) is 1. The summed E-state index contributed by atoms with van der Waals surface area (Å²) in [6.45, 7) is 2.61. The van der Waals surface area contributed by atoms with Gasteiger partial charge in [0.2, 0.25) is 0 Å². The van der Waals surface area contributed by atoms with Crippen LogP contribution in [-0.2, 0) is 0 Å². The van der Waals surface area contributed by atoms with Crippen molar-refractivity contribution in [1.82, 2.24) is 0 Å². The fourth-order valence-corrected chi connectivity index (χ4v) is 2.94. The van der Waals surface area contributed by atoms with Gasteiger partial charge >= 0.3 is 0 Å². The second kappa shape index (κ2) is 6.52. The van der Waals surface area contributed by atoms with E-state index in [0.29, 0.717) is 17.9 Å². The van der Waals surface area contributed by atoms with E-state index < -0.39 is 11.4 Å². The van der Waals surface area contributed by atoms with Crippen molar-refractivity contribution in [2.24, 2.45) is 5.92 Å². The third kappa shape index (κ3) is 3.79. The monoisotopic (exact) mass is 296 g/mol. The summed E-state index contributed by atoms with van der Waals surface area (Å²) in [5.74, 6) is 0.386. The summed E-state index contributed by atoms with van der Waals surface area (Å²) in [6, 6.07) is 2.77. The van der Waals surface area contributed by atoms with E-state index in [1.165, 1.54) is 25.7 Å². The smallest absolute Gasteiger partial charge is 0.167 e. The summed E-state index contributed by atoms with van der Waals surface area (Å²) in [4.78, 5) is 0. The zero-order valence-corrected chi connectivity index (χ0v) is 12.8. The molecule has 0 aliphatic heterocycles. The summed E-state index contributed by atoms with van der Waals surface area (Å²) in [6.07, 6.45) is 4.85. The number of hydrogen-bond acceptors (Lipinski definition) is 4. The molecule has 1 fully saturated rings. The molecule has 0 amide bonds. The lowest BCUT2D eigenvalue weighted by atomic mass is 9.78. The van der Waals surface area contributed by atoms with E-state index in [1.54, 1.807) is 0 Å². The molecule has 0 unspecified atom stereocenters. The molecule has 0 spiro atoms. The molecule has 0 saturated heterocycles. The number of anilines is 2. The Morgan fingerprint density at radius 3 is 2.67 bits per heavy atom. The van der Waals surface area contributed by atoms with Crippen LogP contribution in [0.15, 0.2) is 12.1 Å². The number of methoxy groups -OCH3 is 1. The molecule has 1 aromatic rings. The molecule has 0 heterocycles. The summed E-state index contributed by atoms with van der Waals surface area (Å²) >= 11 is 0. The molecule has 0 bridgehead atoms. The molecule has 21 heavy (non-hydrogen) atoms. The predicted molar refractivity (Wildman–Crippen MR) is 83.1 cm³/mol. The van der Waals surface area contributed by atoms with E-state index in [4.69, 9.17) is 10.5 Å². The number of nitrogens with two attached hydrogens (primary N) is 1. The fraction of sp³-hybridized carbons (Fsp3) is 0.625. The lowest BCUT2D eigenvalue weighted by molar-refractivity contribution is 0.00230. The van der Waals surface area contributed by atoms with Gasteiger partial charge in [0.05, 0.1) is 24.1 Å². The molecule has 0 atom stereocenters. The maximum atomic E-state index is 13.5. The third-order valence-corrected chi connectivity index (χ3v) is 4.55. The van der Waals surface area contributed by atoms with Gasteiger partial charge < -0.3 is 20.9 Å². The zero-order chi connectivity index (χ0) is 15.5. The molecule has 1 aromatic carbocycles. The molecule has 1 saturated carbocycles. The predicted octanol–water partition coefficient (Wildman–Crippen LogP) is 3.16. The Labute approximate surface area is 125 Å². The summed E-state index contributed by atoms with van der Waals surface area (Å²) in [5.41, 5.74) is 6.01. The second-order valence-corrected chi connectivity index (χ2v) is 6.00. The largest absolute Gasteiger partial charge is 0.494 e. The van der Waals surface area contributed by atoms with Crippen molar-refractivity contribution in [3.05, 3.63) is 17.9 Å². The minimum absolute atomic E-state index is 0.147. The van der Waals surface area contributed by atoms with E-state index in [-0.39, 0.29) is 5.75 Å². The summed E-state index contributed by atoms with van der Waals surface area (Å²) < 4.78 is 18.5. The Balaban J connectivity index is 2.00. The van der Waals surface area contributed by atoms with Gasteiger partial charge in [-0.15, -0.1) is 0 Å². The summed E-state index contributed by atoms with van der Waals surface area (Å²) in [7, 11) is 1.41. The lowest BCUT2D eigenvalue weighted by Gasteiger charge is -2.36. The molecule has 0 aromatic heterocycles. The first kappa shape index (κ1) is 15.9. The van der Waals surface area contributed by atoms with E-state index >= 15 is 0 Å². The van der Waals surface area contributed by atoms with Gasteiger partial charge in [-0.2, -0.15) is 0 Å². The highest BCUT2D eigenvalue weighted by molar-refractivity contribution is 5.68. The average Bonchev–Trinajstić information content (AvgIpc) is 2.47. The Morgan fingerprint density at radius 1 is 1.43 bits per heavy atom. The van der Waals surface area contributed by atoms with Crippen molar-refractivity contribution in [1.29, 1.82) is 0 Å². The minimum atomic E-state index is -0.709. The maximum absolute atomic E-state index is 13.5. The van der Waals surface area contributed by atoms with Crippen molar-refractivity contribution < 1.29 is 14.2 Å². The highest BCUT2D eigenvalue weighted by Gasteiger charge is 2.32. The third-order valence-electron chi connectivity index (χ3n) is 4.55. The van der Waals surface area contributed by atoms with Crippen LogP contribution >= 0.6 is 0 Å². The number of benzene rings is 1. The molecule has 4 nitrogen and oxygen atoms in total. The molecule has 1 aliphatic rings. The van der Waals surface area contributed by atoms with Crippen LogP contribution in [0.3, 0.4) is 0 Å². The molecule has 2 rings (SSSR count). The van der Waals surface area contributed by atoms with Crippen molar-refractivity contribution >= 4 is 11.4 Å². The van der Waals surface area contributed by atoms with E-state index in [1.807, 2.05) is 0 Å². The van der Waals surface area contributed by atoms with Crippen molar-refractivity contribution in [2.45, 2.75) is 44.6 Å². The quantitative estimate of drug-likeness (QED) is 0.730. The topological polar surface area (TPSA) is 67.5 Å². The van der Waals surface area contributed by atoms with Gasteiger partial charge in [-0.3, -0.25) is 0 Å². The molecule has 1 aliphatic carbocycles. The minimum Gasteiger partial charge on any atom is -0.494 e. The number of nitrogens with one attached hydrogen (secondary N) is 1. The van der Waals surface area contributed by atoms with Gasteiger partial charge in [0.25, 0.3) is 0 Å². The van der Waals surface area contributed by atoms with E-state index in [0.717, 1.165) is 31.6 Å². The van der Waals surface area contributed by atoms with Crippen LogP contribution in [-0.4, -0.2) is 24.4 Å². The van der Waals surface area contributed by atoms with Crippen molar-refractivity contribution in [3.63, 3.8) is 0 Å². The van der Waals surface area contributed by atoms with Crippen LogP contribution in [0, 0.1) is 11.7 Å². The van der Waals surface area contributed by atoms with E-state index in [9.17, 15) is 9.50 Å². The van der Waals surface area contributed by atoms with Crippen LogP contribution in [0.25, 0.3) is 0 Å². The van der Waals surface area contributed by atoms with Gasteiger partial charge in [-0.05, 0) is 31.6 Å². The molecular weight excluding hydrogens is 271 g/mol. The molecule has 118 valence electrons. The second-order valence-electron chi connectivity index (χ2n) is 6.00. The molecule has 5 heteroatoms. The van der Waals surface area contributed by atoms with Gasteiger partial charge in [0, 0.05) is 18.7 Å². The first-order chi connectivity index (χ1) is 9.97. The van der Waals surface area contributed by atoms with E-state index in [2.05, 4.69) is 12.2 Å². The van der Waals surface area contributed by atoms with Gasteiger partial charge in [0.1, 0.15) is 0 Å². The SMILES string of the molecule is CCC1CCC(O)(CNc2cc(OC)c(F)cc2N)CC1. The maximum Gasteiger partial charge on any atom is 0.167 e. The Hall–Kier alpha value is -1.49. The number of aliphatic hydroxyl groups is 1. The normalized spacial score (nSPS) is 25.6. The first-order valence-electron chi connectivity index (χ1n) is 7.56. The van der Waals surface area contributed by atoms with Gasteiger partial charge in [-0.1, -0.05) is 13.3 Å². The Kier molecular flexibility index (Phi) is 4.93. The highest BCUT2D eigenvalue weighted by Crippen LogP contribution is 2.35. The first-order valence-corrected chi connectivity index (χ1v) is 7.56. The molecular formula is C16H25FN2O2. The Morgan fingerprint density at radius 2 is 2.10 bits per heavy atom. The number of rotatable bonds is 5. The number of hydrogen-bond donors (Lipinski definition) is 3. The van der Waals surface area contributed by atoms with Gasteiger partial charge in [0.15, 0.2) is 11.6 Å². The zero-order valence-electron chi connectivity index (χ0n) is 12.8. The lowest BCUT2D eigenvalue weighted by Crippen LogP contribution is -2.40. The van der Waals surface area contributed by atoms with Crippen molar-refractivity contribution in [2.75, 3.05) is 24.7 Å². The summed E-state index contributed by atoms with van der Waals surface area (Å²) in [5, 5.41) is 13.7. The van der Waals surface area contributed by atoms with Crippen LogP contribution < -0.4 is 15.8 Å². The fourth-order valence-electron chi connectivity index (χ4n) is 2.94. The van der Waals surface area contributed by atoms with Crippen LogP contribution in [0.1, 0.15) is 39.0 Å². The van der Waals surface area contributed by atoms with Crippen LogP contribution in [0.4, 0.5) is 15.8 Å². The molecule has 4 N–H and O–H groups in total. The van der Waals surface area contributed by atoms with Crippen LogP contribution in [0.2, 0.25) is 0 Å². The standard InChI is InChI=1S/C16H25FN2O2/c1-3-11-4-6-16(20,7-5-11)10-19-14-9-15(21-2)12(17)8-13(14)18/h8-9,11,19-20H,3-7,10,18H2,1-2H3.